The quantitative estimate of drug-likeness (QED) is 0.393. The predicted octanol–water partition coefficient (Wildman–Crippen LogP) is 8.41. The molecule has 0 aromatic heterocycles. The molecule has 1 nitrogen and oxygen atoms in total. The topological polar surface area (TPSA) is 9.23 Å². The molecule has 1 aliphatic carbocycles. The van der Waals surface area contributed by atoms with Gasteiger partial charge in [0.05, 0.1) is 12.2 Å². The molecular weight excluding hydrogens is 385 g/mol. The minimum absolute atomic E-state index is 0.136. The van der Waals surface area contributed by atoms with E-state index in [0.29, 0.717) is 5.92 Å². The molecule has 0 aliphatic heterocycles. The van der Waals surface area contributed by atoms with Crippen LogP contribution >= 0.6 is 0 Å². The summed E-state index contributed by atoms with van der Waals surface area (Å²) in [7, 11) is 0. The maximum atomic E-state index is 14.4. The molecule has 30 heavy (non-hydrogen) atoms. The molecule has 1 fully saturated rings. The normalized spacial score (nSPS) is 19.5. The van der Waals surface area contributed by atoms with E-state index in [1.165, 1.54) is 56.2 Å². The average molecular weight is 417 g/mol. The predicted molar refractivity (Wildman–Crippen MR) is 118 cm³/mol. The molecule has 0 amide bonds. The lowest BCUT2D eigenvalue weighted by Crippen LogP contribution is -2.13. The van der Waals surface area contributed by atoms with Crippen molar-refractivity contribution in [3.8, 4) is 5.75 Å². The molecule has 3 rings (SSSR count). The van der Waals surface area contributed by atoms with Gasteiger partial charge >= 0.3 is 0 Å². The summed E-state index contributed by atoms with van der Waals surface area (Å²) in [5, 5.41) is 0. The number of alkyl halides is 2. The van der Waals surface area contributed by atoms with Crippen LogP contribution < -0.4 is 4.74 Å². The summed E-state index contributed by atoms with van der Waals surface area (Å²) >= 11 is 0. The third-order valence-electron chi connectivity index (χ3n) is 6.10. The van der Waals surface area contributed by atoms with E-state index in [0.717, 1.165) is 11.5 Å². The molecule has 0 spiro atoms. The van der Waals surface area contributed by atoms with E-state index in [1.54, 1.807) is 19.1 Å². The Bertz CT molecular complexity index is 834. The van der Waals surface area contributed by atoms with Gasteiger partial charge in [-0.05, 0) is 67.2 Å². The summed E-state index contributed by atoms with van der Waals surface area (Å²) in [5.74, 6) is 0.375. The molecule has 0 atom stereocenters. The number of hydrogen-bond donors (Lipinski definition) is 0. The lowest BCUT2D eigenvalue weighted by atomic mass is 9.77. The van der Waals surface area contributed by atoms with Crippen LogP contribution in [0.1, 0.15) is 87.0 Å². The first-order valence-electron chi connectivity index (χ1n) is 11.0. The van der Waals surface area contributed by atoms with E-state index in [-0.39, 0.29) is 17.9 Å². The van der Waals surface area contributed by atoms with Crippen molar-refractivity contribution >= 4 is 12.2 Å². The van der Waals surface area contributed by atoms with Crippen molar-refractivity contribution in [3.05, 3.63) is 64.5 Å². The van der Waals surface area contributed by atoms with Crippen molar-refractivity contribution < 1.29 is 17.9 Å². The van der Waals surface area contributed by atoms with Crippen molar-refractivity contribution in [2.45, 2.75) is 64.7 Å². The van der Waals surface area contributed by atoms with Crippen molar-refractivity contribution in [3.63, 3.8) is 0 Å². The third kappa shape index (κ3) is 5.47. The number of halogens is 3. The largest absolute Gasteiger partial charge is 0.491 e. The summed E-state index contributed by atoms with van der Waals surface area (Å²) in [4.78, 5) is 0. The molecule has 0 saturated heterocycles. The standard InChI is InChI=1S/C26H31F3O/c1-3-5-18-6-11-20(12-7-18)21-13-8-19(9-14-21)10-15-22-16-17-23(30-4-2)25(27)24(22)26(28)29/h8-10,13-18,20,26H,3-7,11-12H2,1-2H3. The molecule has 0 bridgehead atoms. The van der Waals surface area contributed by atoms with Gasteiger partial charge in [-0.15, -0.1) is 0 Å². The minimum Gasteiger partial charge on any atom is -0.491 e. The Hall–Kier alpha value is -2.23. The maximum absolute atomic E-state index is 14.4. The Morgan fingerprint density at radius 1 is 0.967 bits per heavy atom. The van der Waals surface area contributed by atoms with Gasteiger partial charge in [-0.3, -0.25) is 0 Å². The molecule has 0 radical (unpaired) electrons. The van der Waals surface area contributed by atoms with E-state index in [4.69, 9.17) is 4.74 Å². The fourth-order valence-corrected chi connectivity index (χ4v) is 4.48. The van der Waals surface area contributed by atoms with Crippen molar-refractivity contribution in [2.24, 2.45) is 5.92 Å². The van der Waals surface area contributed by atoms with Gasteiger partial charge in [0.1, 0.15) is 0 Å². The van der Waals surface area contributed by atoms with Crippen molar-refractivity contribution in [1.82, 2.24) is 0 Å². The first kappa shape index (κ1) is 22.5. The van der Waals surface area contributed by atoms with Gasteiger partial charge in [0.15, 0.2) is 11.6 Å². The van der Waals surface area contributed by atoms with Crippen LogP contribution in [0, 0.1) is 11.7 Å². The molecule has 2 aromatic rings. The second-order valence-electron chi connectivity index (χ2n) is 8.12. The van der Waals surface area contributed by atoms with Crippen molar-refractivity contribution in [1.29, 1.82) is 0 Å². The molecule has 2 aromatic carbocycles. The van der Waals surface area contributed by atoms with Crippen LogP contribution in [0.25, 0.3) is 12.2 Å². The lowest BCUT2D eigenvalue weighted by molar-refractivity contribution is 0.144. The lowest BCUT2D eigenvalue weighted by Gasteiger charge is -2.28. The van der Waals surface area contributed by atoms with Crippen LogP contribution in [0.2, 0.25) is 0 Å². The zero-order valence-electron chi connectivity index (χ0n) is 17.8. The second-order valence-corrected chi connectivity index (χ2v) is 8.12. The summed E-state index contributed by atoms with van der Waals surface area (Å²) in [6, 6.07) is 11.2. The number of rotatable bonds is 8. The van der Waals surface area contributed by atoms with Gasteiger partial charge in [-0.2, -0.15) is 0 Å². The monoisotopic (exact) mass is 416 g/mol. The van der Waals surface area contributed by atoms with Crippen LogP contribution in [-0.4, -0.2) is 6.61 Å². The van der Waals surface area contributed by atoms with Crippen LogP contribution in [-0.2, 0) is 0 Å². The Balaban J connectivity index is 1.71. The smallest absolute Gasteiger partial charge is 0.267 e. The average Bonchev–Trinajstić information content (AvgIpc) is 2.75. The Morgan fingerprint density at radius 2 is 1.67 bits per heavy atom. The summed E-state index contributed by atoms with van der Waals surface area (Å²) in [6.45, 7) is 4.17. The molecule has 162 valence electrons. The molecule has 0 N–H and O–H groups in total. The Labute approximate surface area is 178 Å². The summed E-state index contributed by atoms with van der Waals surface area (Å²) in [5.41, 5.74) is 1.82. The second kappa shape index (κ2) is 10.7. The highest BCUT2D eigenvalue weighted by Crippen LogP contribution is 2.37. The SMILES string of the molecule is CCCC1CCC(c2ccc(C=Cc3ccc(OCC)c(F)c3C(F)F)cc2)CC1. The highest BCUT2D eigenvalue weighted by Gasteiger charge is 2.22. The van der Waals surface area contributed by atoms with Crippen LogP contribution in [0.4, 0.5) is 13.2 Å². The Kier molecular flexibility index (Phi) is 8.01. The zero-order chi connectivity index (χ0) is 21.5. The van der Waals surface area contributed by atoms with Gasteiger partial charge in [-0.1, -0.05) is 62.2 Å². The van der Waals surface area contributed by atoms with E-state index < -0.39 is 17.8 Å². The highest BCUT2D eigenvalue weighted by atomic mass is 19.3. The highest BCUT2D eigenvalue weighted by molar-refractivity contribution is 5.72. The Morgan fingerprint density at radius 3 is 2.27 bits per heavy atom. The molecule has 0 unspecified atom stereocenters. The van der Waals surface area contributed by atoms with E-state index >= 15 is 0 Å². The zero-order valence-corrected chi connectivity index (χ0v) is 17.8. The molecule has 1 aliphatic rings. The van der Waals surface area contributed by atoms with Gasteiger partial charge in [0.2, 0.25) is 0 Å². The van der Waals surface area contributed by atoms with Crippen LogP contribution in [0.15, 0.2) is 36.4 Å². The summed E-state index contributed by atoms with van der Waals surface area (Å²) < 4.78 is 46.4. The first-order valence-corrected chi connectivity index (χ1v) is 11.0. The molecular formula is C26H31F3O. The van der Waals surface area contributed by atoms with Gasteiger partial charge in [-0.25, -0.2) is 13.2 Å². The van der Waals surface area contributed by atoms with E-state index in [9.17, 15) is 13.2 Å². The fourth-order valence-electron chi connectivity index (χ4n) is 4.48. The van der Waals surface area contributed by atoms with Crippen molar-refractivity contribution in [2.75, 3.05) is 6.61 Å². The number of hydrogen-bond acceptors (Lipinski definition) is 1. The molecule has 0 heterocycles. The fraction of sp³-hybridized carbons (Fsp3) is 0.462. The minimum atomic E-state index is -2.91. The molecule has 4 heteroatoms. The number of ether oxygens (including phenoxy) is 1. The molecule has 1 saturated carbocycles. The summed E-state index contributed by atoms with van der Waals surface area (Å²) in [6.07, 6.45) is 8.08. The number of benzene rings is 2. The van der Waals surface area contributed by atoms with Gasteiger partial charge in [0, 0.05) is 0 Å². The maximum Gasteiger partial charge on any atom is 0.267 e. The van der Waals surface area contributed by atoms with Crippen LogP contribution in [0.5, 0.6) is 5.75 Å². The van der Waals surface area contributed by atoms with Gasteiger partial charge < -0.3 is 4.74 Å². The van der Waals surface area contributed by atoms with E-state index in [2.05, 4.69) is 19.1 Å². The first-order chi connectivity index (χ1) is 14.5. The third-order valence-corrected chi connectivity index (χ3v) is 6.10. The van der Waals surface area contributed by atoms with E-state index in [1.807, 2.05) is 12.1 Å². The van der Waals surface area contributed by atoms with Crippen LogP contribution in [0.3, 0.4) is 0 Å². The van der Waals surface area contributed by atoms with Gasteiger partial charge in [0.25, 0.3) is 6.43 Å².